The minimum absolute atomic E-state index is 0.189. The molecular formula is C15H16BrFN2. The number of benzene rings is 1. The summed E-state index contributed by atoms with van der Waals surface area (Å²) in [6.45, 7) is 0.802. The molecule has 0 spiro atoms. The van der Waals surface area contributed by atoms with Crippen LogP contribution in [-0.4, -0.2) is 18.6 Å². The lowest BCUT2D eigenvalue weighted by Crippen LogP contribution is -2.19. The van der Waals surface area contributed by atoms with Gasteiger partial charge in [-0.1, -0.05) is 12.1 Å². The smallest absolute Gasteiger partial charge is 0.123 e. The van der Waals surface area contributed by atoms with Crippen LogP contribution in [0.1, 0.15) is 17.0 Å². The number of likely N-dealkylation sites (N-methyl/N-ethyl adjacent to an activating group) is 1. The van der Waals surface area contributed by atoms with Crippen LogP contribution in [0.25, 0.3) is 0 Å². The molecule has 1 aromatic carbocycles. The van der Waals surface area contributed by atoms with Gasteiger partial charge in [0.25, 0.3) is 0 Å². The van der Waals surface area contributed by atoms with Gasteiger partial charge in [-0.05, 0) is 58.7 Å². The fourth-order valence-electron chi connectivity index (χ4n) is 2.17. The molecule has 0 bridgehead atoms. The number of rotatable bonds is 5. The van der Waals surface area contributed by atoms with E-state index in [0.717, 1.165) is 28.6 Å². The summed E-state index contributed by atoms with van der Waals surface area (Å²) in [5.74, 6) is 0.0442. The zero-order chi connectivity index (χ0) is 13.7. The highest BCUT2D eigenvalue weighted by atomic mass is 79.9. The summed E-state index contributed by atoms with van der Waals surface area (Å²) in [6.07, 6.45) is 4.45. The molecule has 1 aromatic heterocycles. The lowest BCUT2D eigenvalue weighted by molar-refractivity contribution is 0.600. The first kappa shape index (κ1) is 14.2. The van der Waals surface area contributed by atoms with Crippen molar-refractivity contribution in [2.75, 3.05) is 13.6 Å². The molecule has 2 nitrogen and oxygen atoms in total. The molecule has 1 atom stereocenters. The summed E-state index contributed by atoms with van der Waals surface area (Å²) >= 11 is 3.42. The molecule has 2 aromatic rings. The Kier molecular flexibility index (Phi) is 5.05. The summed E-state index contributed by atoms with van der Waals surface area (Å²) < 4.78 is 14.3. The van der Waals surface area contributed by atoms with Crippen LogP contribution in [0.2, 0.25) is 0 Å². The van der Waals surface area contributed by atoms with E-state index < -0.39 is 0 Å². The summed E-state index contributed by atoms with van der Waals surface area (Å²) in [5.41, 5.74) is 2.15. The quantitative estimate of drug-likeness (QED) is 0.910. The van der Waals surface area contributed by atoms with Crippen molar-refractivity contribution in [3.05, 3.63) is 64.1 Å². The minimum Gasteiger partial charge on any atom is -0.319 e. The van der Waals surface area contributed by atoms with Gasteiger partial charge in [0.1, 0.15) is 5.82 Å². The van der Waals surface area contributed by atoms with Gasteiger partial charge in [0, 0.05) is 29.3 Å². The number of nitrogens with one attached hydrogen (secondary N) is 1. The highest BCUT2D eigenvalue weighted by molar-refractivity contribution is 9.10. The number of aromatic nitrogens is 1. The van der Waals surface area contributed by atoms with E-state index in [1.165, 1.54) is 6.07 Å². The van der Waals surface area contributed by atoms with Crippen LogP contribution in [0.5, 0.6) is 0 Å². The van der Waals surface area contributed by atoms with Gasteiger partial charge in [-0.15, -0.1) is 0 Å². The second-order valence-electron chi connectivity index (χ2n) is 4.53. The van der Waals surface area contributed by atoms with Crippen LogP contribution >= 0.6 is 15.9 Å². The summed E-state index contributed by atoms with van der Waals surface area (Å²) in [5, 5.41) is 3.17. The number of hydrogen-bond donors (Lipinski definition) is 1. The van der Waals surface area contributed by atoms with Crippen LogP contribution in [0.15, 0.2) is 47.2 Å². The second kappa shape index (κ2) is 6.78. The Balaban J connectivity index is 2.21. The molecule has 0 aliphatic carbocycles. The van der Waals surface area contributed by atoms with Crippen LogP contribution in [0.3, 0.4) is 0 Å². The molecule has 1 heterocycles. The molecule has 0 aliphatic heterocycles. The largest absolute Gasteiger partial charge is 0.319 e. The number of pyridine rings is 1. The maximum absolute atomic E-state index is 13.3. The summed E-state index contributed by atoms with van der Waals surface area (Å²) in [6, 6.07) is 8.85. The van der Waals surface area contributed by atoms with E-state index in [4.69, 9.17) is 0 Å². The van der Waals surface area contributed by atoms with Crippen molar-refractivity contribution in [2.24, 2.45) is 0 Å². The lowest BCUT2D eigenvalue weighted by atomic mass is 9.92. The molecule has 0 fully saturated rings. The fourth-order valence-corrected chi connectivity index (χ4v) is 2.58. The van der Waals surface area contributed by atoms with Crippen molar-refractivity contribution >= 4 is 15.9 Å². The van der Waals surface area contributed by atoms with E-state index in [1.54, 1.807) is 18.3 Å². The third-order valence-corrected chi connectivity index (χ3v) is 3.45. The molecular weight excluding hydrogens is 307 g/mol. The van der Waals surface area contributed by atoms with E-state index in [2.05, 4.69) is 32.3 Å². The Morgan fingerprint density at radius 3 is 2.84 bits per heavy atom. The van der Waals surface area contributed by atoms with Crippen molar-refractivity contribution < 1.29 is 4.39 Å². The van der Waals surface area contributed by atoms with Gasteiger partial charge in [0.15, 0.2) is 0 Å². The standard InChI is InChI=1S/C15H16BrFN2/c1-18-9-13(12-3-2-4-15(17)7-12)5-11-6-14(16)10-19-8-11/h2-4,6-8,10,13,18H,5,9H2,1H3. The van der Waals surface area contributed by atoms with Gasteiger partial charge >= 0.3 is 0 Å². The van der Waals surface area contributed by atoms with E-state index >= 15 is 0 Å². The zero-order valence-corrected chi connectivity index (χ0v) is 12.3. The molecule has 4 heteroatoms. The van der Waals surface area contributed by atoms with Gasteiger partial charge < -0.3 is 5.32 Å². The second-order valence-corrected chi connectivity index (χ2v) is 5.44. The van der Waals surface area contributed by atoms with Crippen LogP contribution in [-0.2, 0) is 6.42 Å². The first-order valence-corrected chi connectivity index (χ1v) is 6.98. The number of hydrogen-bond acceptors (Lipinski definition) is 2. The molecule has 0 saturated heterocycles. The van der Waals surface area contributed by atoms with Gasteiger partial charge in [-0.25, -0.2) is 4.39 Å². The molecule has 1 unspecified atom stereocenters. The van der Waals surface area contributed by atoms with Gasteiger partial charge in [0.2, 0.25) is 0 Å². The zero-order valence-electron chi connectivity index (χ0n) is 10.7. The normalized spacial score (nSPS) is 12.4. The maximum atomic E-state index is 13.3. The molecule has 0 aliphatic rings. The topological polar surface area (TPSA) is 24.9 Å². The van der Waals surface area contributed by atoms with Crippen molar-refractivity contribution in [3.63, 3.8) is 0 Å². The van der Waals surface area contributed by atoms with Crippen molar-refractivity contribution in [1.29, 1.82) is 0 Å². The monoisotopic (exact) mass is 322 g/mol. The van der Waals surface area contributed by atoms with E-state index in [1.807, 2.05) is 19.3 Å². The Bertz CT molecular complexity index is 545. The van der Waals surface area contributed by atoms with Gasteiger partial charge in [-0.2, -0.15) is 0 Å². The van der Waals surface area contributed by atoms with Crippen molar-refractivity contribution in [1.82, 2.24) is 10.3 Å². The van der Waals surface area contributed by atoms with E-state index in [-0.39, 0.29) is 11.7 Å². The first-order chi connectivity index (χ1) is 9.19. The summed E-state index contributed by atoms with van der Waals surface area (Å²) in [7, 11) is 1.91. The van der Waals surface area contributed by atoms with Crippen LogP contribution < -0.4 is 5.32 Å². The third-order valence-electron chi connectivity index (χ3n) is 3.01. The third kappa shape index (κ3) is 4.11. The predicted octanol–water partition coefficient (Wildman–Crippen LogP) is 3.53. The van der Waals surface area contributed by atoms with Crippen molar-refractivity contribution in [2.45, 2.75) is 12.3 Å². The summed E-state index contributed by atoms with van der Waals surface area (Å²) in [4.78, 5) is 4.17. The minimum atomic E-state index is -0.189. The van der Waals surface area contributed by atoms with E-state index in [9.17, 15) is 4.39 Å². The first-order valence-electron chi connectivity index (χ1n) is 6.18. The van der Waals surface area contributed by atoms with E-state index in [0.29, 0.717) is 0 Å². The van der Waals surface area contributed by atoms with Crippen molar-refractivity contribution in [3.8, 4) is 0 Å². The molecule has 0 saturated carbocycles. The number of nitrogens with zero attached hydrogens (tertiary/aromatic N) is 1. The molecule has 19 heavy (non-hydrogen) atoms. The Hall–Kier alpha value is -1.26. The Morgan fingerprint density at radius 2 is 2.16 bits per heavy atom. The number of halogens is 2. The average molecular weight is 323 g/mol. The molecule has 100 valence electrons. The lowest BCUT2D eigenvalue weighted by Gasteiger charge is -2.17. The average Bonchev–Trinajstić information content (AvgIpc) is 2.38. The molecule has 2 rings (SSSR count). The Morgan fingerprint density at radius 1 is 1.32 bits per heavy atom. The van der Waals surface area contributed by atoms with Gasteiger partial charge in [0.05, 0.1) is 0 Å². The Labute approximate surface area is 121 Å². The molecule has 1 N–H and O–H groups in total. The molecule has 0 radical (unpaired) electrons. The maximum Gasteiger partial charge on any atom is 0.123 e. The fraction of sp³-hybridized carbons (Fsp3) is 0.267. The SMILES string of the molecule is CNCC(Cc1cncc(Br)c1)c1cccc(F)c1. The highest BCUT2D eigenvalue weighted by Gasteiger charge is 2.12. The van der Waals surface area contributed by atoms with Crippen LogP contribution in [0.4, 0.5) is 4.39 Å². The van der Waals surface area contributed by atoms with Gasteiger partial charge in [-0.3, -0.25) is 4.98 Å². The predicted molar refractivity (Wildman–Crippen MR) is 78.7 cm³/mol. The highest BCUT2D eigenvalue weighted by Crippen LogP contribution is 2.22. The molecule has 0 amide bonds. The van der Waals surface area contributed by atoms with Crippen LogP contribution in [0, 0.1) is 5.82 Å².